The Bertz CT molecular complexity index is 529. The summed E-state index contributed by atoms with van der Waals surface area (Å²) in [6, 6.07) is 2.15. The highest BCUT2D eigenvalue weighted by Crippen LogP contribution is 2.44. The summed E-state index contributed by atoms with van der Waals surface area (Å²) in [5.41, 5.74) is 2.33. The van der Waals surface area contributed by atoms with Crippen LogP contribution >= 0.6 is 11.3 Å². The average Bonchev–Trinajstić information content (AvgIpc) is 3.05. The van der Waals surface area contributed by atoms with Crippen LogP contribution in [0.25, 0.3) is 10.6 Å². The van der Waals surface area contributed by atoms with Gasteiger partial charge in [-0.25, -0.2) is 4.98 Å². The lowest BCUT2D eigenvalue weighted by atomic mass is 10.1. The summed E-state index contributed by atoms with van der Waals surface area (Å²) in [6.07, 6.45) is 8.61. The Morgan fingerprint density at radius 1 is 1.29 bits per heavy atom. The number of pyridine rings is 1. The number of hydrogen-bond donors (Lipinski definition) is 0. The van der Waals surface area contributed by atoms with Crippen molar-refractivity contribution in [3.63, 3.8) is 0 Å². The smallest absolute Gasteiger partial charge is 0.125 e. The van der Waals surface area contributed by atoms with E-state index in [4.69, 9.17) is 0 Å². The molecule has 88 valence electrons. The largest absolute Gasteiger partial charge is 0.264 e. The van der Waals surface area contributed by atoms with Crippen LogP contribution in [-0.2, 0) is 0 Å². The Labute approximate surface area is 106 Å². The molecule has 2 heterocycles. The van der Waals surface area contributed by atoms with Gasteiger partial charge >= 0.3 is 0 Å². The van der Waals surface area contributed by atoms with Crippen LogP contribution in [0.1, 0.15) is 36.1 Å². The van der Waals surface area contributed by atoms with Crippen molar-refractivity contribution in [3.05, 3.63) is 35.1 Å². The molecular formula is C14H16N2S. The second kappa shape index (κ2) is 4.22. The SMILES string of the molecule is Cc1cncc(-c2ncc(C(C)C3CC3)s2)c1. The van der Waals surface area contributed by atoms with E-state index in [1.165, 1.54) is 23.3 Å². The van der Waals surface area contributed by atoms with E-state index >= 15 is 0 Å². The van der Waals surface area contributed by atoms with Crippen LogP contribution in [0, 0.1) is 12.8 Å². The van der Waals surface area contributed by atoms with E-state index in [2.05, 4.69) is 29.9 Å². The first-order valence-corrected chi connectivity index (χ1v) is 6.93. The van der Waals surface area contributed by atoms with Crippen LogP contribution in [-0.4, -0.2) is 9.97 Å². The molecule has 1 aliphatic rings. The van der Waals surface area contributed by atoms with Gasteiger partial charge in [-0.1, -0.05) is 6.92 Å². The van der Waals surface area contributed by atoms with E-state index in [1.54, 1.807) is 0 Å². The lowest BCUT2D eigenvalue weighted by Crippen LogP contribution is -1.90. The predicted molar refractivity (Wildman–Crippen MR) is 71.2 cm³/mol. The van der Waals surface area contributed by atoms with Gasteiger partial charge in [-0.2, -0.15) is 0 Å². The molecule has 0 N–H and O–H groups in total. The Hall–Kier alpha value is -1.22. The fraction of sp³-hybridized carbons (Fsp3) is 0.429. The molecule has 0 amide bonds. The standard InChI is InChI=1S/C14H16N2S/c1-9-5-12(7-15-6-9)14-16-8-13(17-14)10(2)11-3-4-11/h5-8,10-11H,3-4H2,1-2H3. The number of aryl methyl sites for hydroxylation is 1. The quantitative estimate of drug-likeness (QED) is 0.814. The molecule has 0 aromatic carbocycles. The highest BCUT2D eigenvalue weighted by Gasteiger charge is 2.30. The van der Waals surface area contributed by atoms with Crippen LogP contribution in [0.15, 0.2) is 24.7 Å². The van der Waals surface area contributed by atoms with Gasteiger partial charge in [0.1, 0.15) is 5.01 Å². The van der Waals surface area contributed by atoms with Gasteiger partial charge in [0.25, 0.3) is 0 Å². The van der Waals surface area contributed by atoms with Crippen molar-refractivity contribution in [1.82, 2.24) is 9.97 Å². The highest BCUT2D eigenvalue weighted by molar-refractivity contribution is 7.15. The van der Waals surface area contributed by atoms with Gasteiger partial charge in [-0.3, -0.25) is 4.98 Å². The van der Waals surface area contributed by atoms with Crippen molar-refractivity contribution in [2.24, 2.45) is 5.92 Å². The molecule has 17 heavy (non-hydrogen) atoms. The monoisotopic (exact) mass is 244 g/mol. The summed E-state index contributed by atoms with van der Waals surface area (Å²) in [4.78, 5) is 10.2. The van der Waals surface area contributed by atoms with Crippen molar-refractivity contribution in [2.75, 3.05) is 0 Å². The van der Waals surface area contributed by atoms with Gasteiger partial charge in [-0.15, -0.1) is 11.3 Å². The van der Waals surface area contributed by atoms with Gasteiger partial charge in [0.05, 0.1) is 0 Å². The first-order valence-electron chi connectivity index (χ1n) is 6.12. The zero-order valence-corrected chi connectivity index (χ0v) is 11.0. The summed E-state index contributed by atoms with van der Waals surface area (Å²) in [6.45, 7) is 4.39. The zero-order valence-electron chi connectivity index (χ0n) is 10.2. The number of nitrogens with zero attached hydrogens (tertiary/aromatic N) is 2. The molecule has 0 bridgehead atoms. The lowest BCUT2D eigenvalue weighted by Gasteiger charge is -2.04. The zero-order chi connectivity index (χ0) is 11.8. The van der Waals surface area contributed by atoms with E-state index in [1.807, 2.05) is 29.9 Å². The predicted octanol–water partition coefficient (Wildman–Crippen LogP) is 4.03. The second-order valence-electron chi connectivity index (χ2n) is 4.94. The average molecular weight is 244 g/mol. The maximum absolute atomic E-state index is 4.54. The van der Waals surface area contributed by atoms with E-state index in [0.717, 1.165) is 16.5 Å². The number of rotatable bonds is 3. The molecular weight excluding hydrogens is 228 g/mol. The van der Waals surface area contributed by atoms with E-state index in [-0.39, 0.29) is 0 Å². The third-order valence-electron chi connectivity index (χ3n) is 3.42. The summed E-state index contributed by atoms with van der Waals surface area (Å²) < 4.78 is 0. The third-order valence-corrected chi connectivity index (χ3v) is 4.67. The minimum atomic E-state index is 0.680. The van der Waals surface area contributed by atoms with E-state index < -0.39 is 0 Å². The molecule has 0 spiro atoms. The Kier molecular flexibility index (Phi) is 2.71. The molecule has 2 aromatic heterocycles. The summed E-state index contributed by atoms with van der Waals surface area (Å²) in [7, 11) is 0. The summed E-state index contributed by atoms with van der Waals surface area (Å²) in [5, 5.41) is 1.10. The Morgan fingerprint density at radius 2 is 2.12 bits per heavy atom. The van der Waals surface area contributed by atoms with Gasteiger partial charge in [0, 0.05) is 29.0 Å². The maximum atomic E-state index is 4.54. The topological polar surface area (TPSA) is 25.8 Å². The molecule has 3 heteroatoms. The van der Waals surface area contributed by atoms with Crippen LogP contribution in [0.2, 0.25) is 0 Å². The Morgan fingerprint density at radius 3 is 2.82 bits per heavy atom. The van der Waals surface area contributed by atoms with Gasteiger partial charge in [-0.05, 0) is 43.2 Å². The van der Waals surface area contributed by atoms with Crippen molar-refractivity contribution in [1.29, 1.82) is 0 Å². The number of thiazole rings is 1. The van der Waals surface area contributed by atoms with Crippen LogP contribution < -0.4 is 0 Å². The molecule has 1 unspecified atom stereocenters. The fourth-order valence-electron chi connectivity index (χ4n) is 2.13. The molecule has 3 rings (SSSR count). The minimum Gasteiger partial charge on any atom is -0.264 e. The van der Waals surface area contributed by atoms with Crippen molar-refractivity contribution < 1.29 is 0 Å². The molecule has 1 atom stereocenters. The van der Waals surface area contributed by atoms with Gasteiger partial charge in [0.2, 0.25) is 0 Å². The fourth-order valence-corrected chi connectivity index (χ4v) is 3.17. The van der Waals surface area contributed by atoms with Gasteiger partial charge < -0.3 is 0 Å². The normalized spacial score (nSPS) is 17.1. The summed E-state index contributed by atoms with van der Waals surface area (Å²) in [5.74, 6) is 1.58. The van der Waals surface area contributed by atoms with Crippen molar-refractivity contribution >= 4 is 11.3 Å². The first-order chi connectivity index (χ1) is 8.24. The Balaban J connectivity index is 1.89. The van der Waals surface area contributed by atoms with E-state index in [0.29, 0.717) is 5.92 Å². The van der Waals surface area contributed by atoms with Crippen molar-refractivity contribution in [2.45, 2.75) is 32.6 Å². The number of hydrogen-bond acceptors (Lipinski definition) is 3. The third kappa shape index (κ3) is 2.25. The lowest BCUT2D eigenvalue weighted by molar-refractivity contribution is 0.674. The first kappa shape index (κ1) is 10.9. The van der Waals surface area contributed by atoms with Crippen molar-refractivity contribution in [3.8, 4) is 10.6 Å². The highest BCUT2D eigenvalue weighted by atomic mass is 32.1. The molecule has 0 radical (unpaired) electrons. The van der Waals surface area contributed by atoms with Crippen LogP contribution in [0.4, 0.5) is 0 Å². The van der Waals surface area contributed by atoms with Crippen LogP contribution in [0.3, 0.4) is 0 Å². The second-order valence-corrected chi connectivity index (χ2v) is 6.01. The molecule has 0 aliphatic heterocycles. The maximum Gasteiger partial charge on any atom is 0.125 e. The molecule has 2 nitrogen and oxygen atoms in total. The molecule has 1 saturated carbocycles. The molecule has 2 aromatic rings. The van der Waals surface area contributed by atoms with Crippen LogP contribution in [0.5, 0.6) is 0 Å². The molecule has 0 saturated heterocycles. The summed E-state index contributed by atoms with van der Waals surface area (Å²) >= 11 is 1.82. The molecule has 1 aliphatic carbocycles. The minimum absolute atomic E-state index is 0.680. The van der Waals surface area contributed by atoms with Gasteiger partial charge in [0.15, 0.2) is 0 Å². The molecule has 1 fully saturated rings. The van der Waals surface area contributed by atoms with E-state index in [9.17, 15) is 0 Å². The number of aromatic nitrogens is 2.